The number of hydrogen-bond acceptors (Lipinski definition) is 8. The van der Waals surface area contributed by atoms with E-state index in [9.17, 15) is 0 Å². The van der Waals surface area contributed by atoms with Crippen LogP contribution in [0.25, 0.3) is 5.69 Å². The molecule has 2 aliphatic rings. The first kappa shape index (κ1) is 23.7. The van der Waals surface area contributed by atoms with Crippen LogP contribution in [-0.4, -0.2) is 66.4 Å². The summed E-state index contributed by atoms with van der Waals surface area (Å²) in [6.07, 6.45) is 5.46. The van der Waals surface area contributed by atoms with Gasteiger partial charge in [-0.1, -0.05) is 6.07 Å². The van der Waals surface area contributed by atoms with Crippen molar-refractivity contribution in [1.29, 1.82) is 0 Å². The van der Waals surface area contributed by atoms with Gasteiger partial charge in [0, 0.05) is 25.0 Å². The van der Waals surface area contributed by atoms with Crippen molar-refractivity contribution in [2.45, 2.75) is 26.1 Å². The number of nitrogens with zero attached hydrogens (tertiary/aromatic N) is 5. The van der Waals surface area contributed by atoms with Gasteiger partial charge in [0.1, 0.15) is 24.3 Å². The Morgan fingerprint density at radius 3 is 2.58 bits per heavy atom. The largest absolute Gasteiger partial charge is 0.497 e. The van der Waals surface area contributed by atoms with Crippen LogP contribution in [0.3, 0.4) is 0 Å². The summed E-state index contributed by atoms with van der Waals surface area (Å²) in [5, 5.41) is 3.45. The SMILES string of the molecule is COc1ccc(C2COC3=CN=C(Nc4ccc(-n5cnc(C)c5)c(OC)c4)N(C)C3N2C)c(C)c1. The van der Waals surface area contributed by atoms with Crippen LogP contribution in [-0.2, 0) is 4.74 Å². The third kappa shape index (κ3) is 4.26. The van der Waals surface area contributed by atoms with Gasteiger partial charge in [0.05, 0.1) is 44.2 Å². The quantitative estimate of drug-likeness (QED) is 0.580. The zero-order valence-electron chi connectivity index (χ0n) is 21.5. The molecule has 0 spiro atoms. The van der Waals surface area contributed by atoms with Gasteiger partial charge in [0.15, 0.2) is 5.76 Å². The molecule has 0 saturated carbocycles. The zero-order chi connectivity index (χ0) is 25.4. The van der Waals surface area contributed by atoms with Crippen LogP contribution in [0.4, 0.5) is 5.69 Å². The maximum absolute atomic E-state index is 6.19. The van der Waals surface area contributed by atoms with Crippen molar-refractivity contribution >= 4 is 11.6 Å². The van der Waals surface area contributed by atoms with Crippen molar-refractivity contribution in [1.82, 2.24) is 19.4 Å². The van der Waals surface area contributed by atoms with Crippen LogP contribution in [0.2, 0.25) is 0 Å². The van der Waals surface area contributed by atoms with E-state index in [1.807, 2.05) is 49.0 Å². The number of aliphatic imine (C=N–C) groups is 1. The molecule has 9 nitrogen and oxygen atoms in total. The summed E-state index contributed by atoms with van der Waals surface area (Å²) >= 11 is 0. The number of nitrogens with one attached hydrogen (secondary N) is 1. The van der Waals surface area contributed by atoms with Crippen molar-refractivity contribution < 1.29 is 14.2 Å². The zero-order valence-corrected chi connectivity index (χ0v) is 21.5. The second-order valence-electron chi connectivity index (χ2n) is 9.12. The Bertz CT molecular complexity index is 1330. The number of methoxy groups -OCH3 is 2. The first-order valence-electron chi connectivity index (χ1n) is 11.9. The molecule has 2 aliphatic heterocycles. The molecule has 36 heavy (non-hydrogen) atoms. The number of aryl methyl sites for hydroxylation is 2. The Labute approximate surface area is 211 Å². The maximum Gasteiger partial charge on any atom is 0.204 e. The first-order valence-corrected chi connectivity index (χ1v) is 11.9. The molecule has 2 unspecified atom stereocenters. The fraction of sp³-hybridized carbons (Fsp3) is 0.333. The smallest absolute Gasteiger partial charge is 0.204 e. The fourth-order valence-electron chi connectivity index (χ4n) is 4.87. The van der Waals surface area contributed by atoms with Gasteiger partial charge in [-0.15, -0.1) is 0 Å². The summed E-state index contributed by atoms with van der Waals surface area (Å²) in [5.74, 6) is 3.14. The Balaban J connectivity index is 1.37. The lowest BCUT2D eigenvalue weighted by atomic mass is 9.98. The van der Waals surface area contributed by atoms with E-state index < -0.39 is 0 Å². The molecule has 0 radical (unpaired) electrons. The van der Waals surface area contributed by atoms with Gasteiger partial charge in [0.2, 0.25) is 5.96 Å². The number of guanidine groups is 1. The number of fused-ring (bicyclic) bond motifs is 1. The molecule has 1 N–H and O–H groups in total. The van der Waals surface area contributed by atoms with Crippen LogP contribution in [0, 0.1) is 13.8 Å². The van der Waals surface area contributed by atoms with E-state index in [1.54, 1.807) is 26.7 Å². The number of likely N-dealkylation sites (N-methyl/N-ethyl adjacent to an activating group) is 2. The van der Waals surface area contributed by atoms with Crippen molar-refractivity contribution in [2.75, 3.05) is 40.2 Å². The third-order valence-electron chi connectivity index (χ3n) is 6.82. The first-order chi connectivity index (χ1) is 17.4. The minimum atomic E-state index is -0.0969. The highest BCUT2D eigenvalue weighted by Gasteiger charge is 2.39. The van der Waals surface area contributed by atoms with E-state index in [1.165, 1.54) is 11.1 Å². The highest BCUT2D eigenvalue weighted by Crippen LogP contribution is 2.36. The van der Waals surface area contributed by atoms with E-state index in [0.29, 0.717) is 6.61 Å². The van der Waals surface area contributed by atoms with Crippen LogP contribution >= 0.6 is 0 Å². The Morgan fingerprint density at radius 1 is 1.06 bits per heavy atom. The molecule has 3 aromatic rings. The summed E-state index contributed by atoms with van der Waals surface area (Å²) < 4.78 is 19.2. The van der Waals surface area contributed by atoms with Crippen LogP contribution in [0.5, 0.6) is 11.5 Å². The molecule has 2 atom stereocenters. The van der Waals surface area contributed by atoms with Crippen LogP contribution in [0.15, 0.2) is 65.9 Å². The van der Waals surface area contributed by atoms with Crippen molar-refractivity contribution in [2.24, 2.45) is 4.99 Å². The number of morpholine rings is 1. The van der Waals surface area contributed by atoms with Crippen LogP contribution in [0.1, 0.15) is 22.9 Å². The highest BCUT2D eigenvalue weighted by atomic mass is 16.5. The van der Waals surface area contributed by atoms with Crippen molar-refractivity contribution in [3.63, 3.8) is 0 Å². The summed E-state index contributed by atoms with van der Waals surface area (Å²) in [7, 11) is 7.50. The molecule has 1 saturated heterocycles. The van der Waals surface area contributed by atoms with Gasteiger partial charge in [-0.2, -0.15) is 0 Å². The molecule has 1 fully saturated rings. The average Bonchev–Trinajstić information content (AvgIpc) is 3.32. The van der Waals surface area contributed by atoms with Gasteiger partial charge in [-0.25, -0.2) is 9.98 Å². The standard InChI is InChI=1S/C27H32N6O3/c1-17-11-20(34-5)8-9-21(17)23-15-36-25-13-28-27(32(4)26(25)31(23)3)30-19-7-10-22(24(12-19)35-6)33-14-18(2)29-16-33/h7-14,16,23,26H,15H2,1-6H3,(H,28,30). The van der Waals surface area contributed by atoms with Gasteiger partial charge in [-0.05, 0) is 56.3 Å². The van der Waals surface area contributed by atoms with Gasteiger partial charge < -0.3 is 29.0 Å². The minimum Gasteiger partial charge on any atom is -0.497 e. The third-order valence-corrected chi connectivity index (χ3v) is 6.82. The van der Waals surface area contributed by atoms with Gasteiger partial charge >= 0.3 is 0 Å². The topological polar surface area (TPSA) is 76.4 Å². The van der Waals surface area contributed by atoms with E-state index in [-0.39, 0.29) is 12.2 Å². The number of ether oxygens (including phenoxy) is 3. The Hall–Kier alpha value is -3.98. The second-order valence-corrected chi connectivity index (χ2v) is 9.12. The highest BCUT2D eigenvalue weighted by molar-refractivity contribution is 5.95. The maximum atomic E-state index is 6.19. The number of aromatic nitrogens is 2. The Kier molecular flexibility index (Phi) is 6.32. The van der Waals surface area contributed by atoms with Crippen molar-refractivity contribution in [3.8, 4) is 17.2 Å². The molecular formula is C27H32N6O3. The molecule has 2 aromatic carbocycles. The second kappa shape index (κ2) is 9.58. The lowest BCUT2D eigenvalue weighted by molar-refractivity contribution is -0.0275. The van der Waals surface area contributed by atoms with Gasteiger partial charge in [0.25, 0.3) is 0 Å². The molecule has 0 aliphatic carbocycles. The lowest BCUT2D eigenvalue weighted by Gasteiger charge is -2.47. The predicted octanol–water partition coefficient (Wildman–Crippen LogP) is 4.09. The number of imidazole rings is 1. The number of benzene rings is 2. The lowest BCUT2D eigenvalue weighted by Crippen LogP contribution is -2.56. The van der Waals surface area contributed by atoms with E-state index in [0.717, 1.165) is 40.3 Å². The molecule has 188 valence electrons. The number of hydrogen-bond donors (Lipinski definition) is 1. The number of anilines is 1. The summed E-state index contributed by atoms with van der Waals surface area (Å²) in [6.45, 7) is 4.63. The van der Waals surface area contributed by atoms with E-state index in [2.05, 4.69) is 51.2 Å². The summed E-state index contributed by atoms with van der Waals surface area (Å²) in [5.41, 5.74) is 5.13. The van der Waals surface area contributed by atoms with E-state index in [4.69, 9.17) is 14.2 Å². The van der Waals surface area contributed by atoms with E-state index >= 15 is 0 Å². The molecule has 1 aromatic heterocycles. The van der Waals surface area contributed by atoms with Crippen LogP contribution < -0.4 is 14.8 Å². The normalized spacial score (nSPS) is 19.7. The average molecular weight is 489 g/mol. The molecule has 0 bridgehead atoms. The monoisotopic (exact) mass is 488 g/mol. The molecule has 3 heterocycles. The van der Waals surface area contributed by atoms with Gasteiger partial charge in [-0.3, -0.25) is 4.90 Å². The molecule has 0 amide bonds. The van der Waals surface area contributed by atoms with Crippen molar-refractivity contribution in [3.05, 3.63) is 77.7 Å². The number of rotatable bonds is 5. The summed E-state index contributed by atoms with van der Waals surface area (Å²) in [4.78, 5) is 13.4. The molecule has 9 heteroatoms. The fourth-order valence-corrected chi connectivity index (χ4v) is 4.87. The molecule has 5 rings (SSSR count). The molecular weight excluding hydrogens is 456 g/mol. The summed E-state index contributed by atoms with van der Waals surface area (Å²) in [6, 6.07) is 12.3. The minimum absolute atomic E-state index is 0.0953. The Morgan fingerprint density at radius 2 is 1.89 bits per heavy atom. The predicted molar refractivity (Wildman–Crippen MR) is 140 cm³/mol.